The van der Waals surface area contributed by atoms with E-state index in [-0.39, 0.29) is 5.97 Å². The highest BCUT2D eigenvalue weighted by Crippen LogP contribution is 2.57. The number of allylic oxidation sites excluding steroid dienone is 2. The maximum atomic E-state index is 13.5. The molecule has 1 spiro atoms. The van der Waals surface area contributed by atoms with E-state index in [0.29, 0.717) is 29.2 Å². The van der Waals surface area contributed by atoms with E-state index in [1.807, 2.05) is 49.4 Å². The van der Waals surface area contributed by atoms with E-state index in [1.165, 1.54) is 5.56 Å². The fraction of sp³-hybridized carbons (Fsp3) is 0.294. The fourth-order valence-electron chi connectivity index (χ4n) is 6.39. The van der Waals surface area contributed by atoms with Gasteiger partial charge in [0.15, 0.2) is 0 Å². The number of benzene rings is 3. The minimum atomic E-state index is -0.789. The van der Waals surface area contributed by atoms with Crippen LogP contribution in [-0.2, 0) is 27.8 Å². The average molecular weight is 537 g/mol. The van der Waals surface area contributed by atoms with Gasteiger partial charge < -0.3 is 18.9 Å². The zero-order valence-corrected chi connectivity index (χ0v) is 23.0. The summed E-state index contributed by atoms with van der Waals surface area (Å²) in [4.78, 5) is 26.7. The van der Waals surface area contributed by atoms with E-state index < -0.39 is 16.8 Å². The van der Waals surface area contributed by atoms with Gasteiger partial charge in [0.2, 0.25) is 0 Å². The number of carbonyl (C=O) groups excluding carboxylic acids is 2. The molecule has 2 unspecified atom stereocenters. The normalized spacial score (nSPS) is 22.3. The molecule has 3 aromatic carbocycles. The summed E-state index contributed by atoms with van der Waals surface area (Å²) >= 11 is 0. The zero-order valence-electron chi connectivity index (χ0n) is 23.0. The number of aryl methyl sites for hydroxylation is 2. The number of rotatable bonds is 6. The molecule has 3 aliphatic rings. The molecule has 0 aromatic heterocycles. The highest BCUT2D eigenvalue weighted by Gasteiger charge is 2.49. The Balaban J connectivity index is 1.34. The molecule has 204 valence electrons. The Morgan fingerprint density at radius 1 is 0.775 bits per heavy atom. The molecule has 3 aliphatic carbocycles. The van der Waals surface area contributed by atoms with Crippen molar-refractivity contribution in [3.05, 3.63) is 112 Å². The molecule has 40 heavy (non-hydrogen) atoms. The van der Waals surface area contributed by atoms with E-state index in [1.54, 1.807) is 38.5 Å². The third-order valence-electron chi connectivity index (χ3n) is 8.60. The highest BCUT2D eigenvalue weighted by atomic mass is 16.5. The second kappa shape index (κ2) is 10.0. The first-order valence-electron chi connectivity index (χ1n) is 13.6. The summed E-state index contributed by atoms with van der Waals surface area (Å²) in [5.74, 6) is 1.83. The van der Waals surface area contributed by atoms with E-state index >= 15 is 0 Å². The van der Waals surface area contributed by atoms with Crippen molar-refractivity contribution in [2.75, 3.05) is 14.2 Å². The van der Waals surface area contributed by atoms with Crippen LogP contribution in [0.1, 0.15) is 58.8 Å². The summed E-state index contributed by atoms with van der Waals surface area (Å²) in [6.07, 6.45) is 9.52. The van der Waals surface area contributed by atoms with E-state index in [2.05, 4.69) is 12.1 Å². The summed E-state index contributed by atoms with van der Waals surface area (Å²) < 4.78 is 22.8. The van der Waals surface area contributed by atoms with Crippen LogP contribution < -0.4 is 14.2 Å². The topological polar surface area (TPSA) is 71.1 Å². The molecular formula is C34H32O6. The number of fused-ring (bicyclic) bond motifs is 4. The van der Waals surface area contributed by atoms with E-state index in [4.69, 9.17) is 18.9 Å². The van der Waals surface area contributed by atoms with Crippen LogP contribution in [0.2, 0.25) is 0 Å². The van der Waals surface area contributed by atoms with Gasteiger partial charge in [-0.1, -0.05) is 30.3 Å². The van der Waals surface area contributed by atoms with Gasteiger partial charge in [-0.05, 0) is 98.7 Å². The van der Waals surface area contributed by atoms with Gasteiger partial charge in [-0.25, -0.2) is 4.79 Å². The lowest BCUT2D eigenvalue weighted by atomic mass is 9.75. The van der Waals surface area contributed by atoms with Crippen molar-refractivity contribution in [2.45, 2.75) is 44.4 Å². The van der Waals surface area contributed by atoms with Crippen LogP contribution in [0.3, 0.4) is 0 Å². The molecule has 0 saturated heterocycles. The lowest BCUT2D eigenvalue weighted by Crippen LogP contribution is -2.32. The number of hydrogen-bond acceptors (Lipinski definition) is 6. The predicted molar refractivity (Wildman–Crippen MR) is 151 cm³/mol. The third kappa shape index (κ3) is 4.28. The molecule has 0 aliphatic heterocycles. The minimum Gasteiger partial charge on any atom is -0.497 e. The summed E-state index contributed by atoms with van der Waals surface area (Å²) in [6, 6.07) is 18.8. The van der Waals surface area contributed by atoms with Gasteiger partial charge in [0.25, 0.3) is 0 Å². The first-order chi connectivity index (χ1) is 19.4. The quantitative estimate of drug-likeness (QED) is 0.265. The zero-order chi connectivity index (χ0) is 27.9. The van der Waals surface area contributed by atoms with E-state index in [9.17, 15) is 9.59 Å². The van der Waals surface area contributed by atoms with Crippen molar-refractivity contribution < 1.29 is 28.5 Å². The third-order valence-corrected chi connectivity index (χ3v) is 8.60. The molecule has 0 bridgehead atoms. The summed E-state index contributed by atoms with van der Waals surface area (Å²) in [6.45, 7) is 1.88. The lowest BCUT2D eigenvalue weighted by Gasteiger charge is -2.31. The van der Waals surface area contributed by atoms with Crippen molar-refractivity contribution in [1.29, 1.82) is 0 Å². The van der Waals surface area contributed by atoms with Crippen molar-refractivity contribution in [1.82, 2.24) is 0 Å². The maximum absolute atomic E-state index is 13.5. The highest BCUT2D eigenvalue weighted by molar-refractivity contribution is 5.91. The standard InChI is InChI=1S/C34H32O6/c1-33(18-16-26(38-3)17-19-33)32(36)40-28-9-5-7-23-15-21-34(30(23)28)20-14-22-6-4-8-27(29(22)34)39-31(35)24-10-12-25(37-2)13-11-24/h4-13,16-18H,14-15,19-21H2,1-3H3. The number of esters is 2. The number of ether oxygens (including phenoxy) is 4. The van der Waals surface area contributed by atoms with Crippen LogP contribution in [-0.4, -0.2) is 26.2 Å². The molecule has 3 aromatic rings. The minimum absolute atomic E-state index is 0.303. The molecule has 0 radical (unpaired) electrons. The van der Waals surface area contributed by atoms with Gasteiger partial charge in [0, 0.05) is 16.5 Å². The Kier molecular flexibility index (Phi) is 6.49. The first-order valence-corrected chi connectivity index (χ1v) is 13.6. The Hall–Kier alpha value is -4.32. The van der Waals surface area contributed by atoms with Gasteiger partial charge in [-0.15, -0.1) is 0 Å². The maximum Gasteiger partial charge on any atom is 0.343 e. The molecule has 0 amide bonds. The van der Waals surface area contributed by atoms with Crippen LogP contribution in [0.15, 0.2) is 84.7 Å². The van der Waals surface area contributed by atoms with Crippen LogP contribution in [0.4, 0.5) is 0 Å². The van der Waals surface area contributed by atoms with Crippen LogP contribution in [0.5, 0.6) is 17.2 Å². The Morgan fingerprint density at radius 3 is 1.95 bits per heavy atom. The SMILES string of the molecule is COC1=CCC(C)(C(=O)Oc2cccc3c2C2(CCc4cccc(OC(=O)c5ccc(OC)cc5)c42)CC3)C=C1. The molecule has 2 atom stereocenters. The number of methoxy groups -OCH3 is 2. The second-order valence-electron chi connectivity index (χ2n) is 10.9. The van der Waals surface area contributed by atoms with Crippen LogP contribution in [0.25, 0.3) is 0 Å². The monoisotopic (exact) mass is 536 g/mol. The summed E-state index contributed by atoms with van der Waals surface area (Å²) in [5.41, 5.74) is 3.65. The van der Waals surface area contributed by atoms with Gasteiger partial charge >= 0.3 is 11.9 Å². The second-order valence-corrected chi connectivity index (χ2v) is 10.9. The van der Waals surface area contributed by atoms with E-state index in [0.717, 1.165) is 48.1 Å². The van der Waals surface area contributed by atoms with Crippen molar-refractivity contribution in [3.63, 3.8) is 0 Å². The molecule has 0 fully saturated rings. The number of carbonyl (C=O) groups is 2. The molecule has 6 rings (SSSR count). The molecule has 0 heterocycles. The van der Waals surface area contributed by atoms with Crippen LogP contribution in [0, 0.1) is 5.41 Å². The molecule has 0 saturated carbocycles. The molecule has 6 heteroatoms. The lowest BCUT2D eigenvalue weighted by molar-refractivity contribution is -0.142. The Labute approximate surface area is 234 Å². The van der Waals surface area contributed by atoms with Gasteiger partial charge in [0.05, 0.1) is 25.2 Å². The Morgan fingerprint density at radius 2 is 1.40 bits per heavy atom. The van der Waals surface area contributed by atoms with Gasteiger partial charge in [-0.3, -0.25) is 4.79 Å². The van der Waals surface area contributed by atoms with Gasteiger partial charge in [-0.2, -0.15) is 0 Å². The summed E-state index contributed by atoms with van der Waals surface area (Å²) in [5, 5.41) is 0. The van der Waals surface area contributed by atoms with Crippen molar-refractivity contribution >= 4 is 11.9 Å². The predicted octanol–water partition coefficient (Wildman–Crippen LogP) is 6.49. The van der Waals surface area contributed by atoms with Crippen LogP contribution >= 0.6 is 0 Å². The van der Waals surface area contributed by atoms with Gasteiger partial charge in [0.1, 0.15) is 23.0 Å². The first kappa shape index (κ1) is 25.9. The largest absolute Gasteiger partial charge is 0.497 e. The van der Waals surface area contributed by atoms with Crippen molar-refractivity contribution in [3.8, 4) is 17.2 Å². The molecule has 0 N–H and O–H groups in total. The fourth-order valence-corrected chi connectivity index (χ4v) is 6.39. The summed E-state index contributed by atoms with van der Waals surface area (Å²) in [7, 11) is 3.21. The Bertz CT molecular complexity index is 1550. The smallest absolute Gasteiger partial charge is 0.343 e. The number of hydrogen-bond donors (Lipinski definition) is 0. The average Bonchev–Trinajstić information content (AvgIpc) is 3.56. The molecular weight excluding hydrogens is 504 g/mol. The molecule has 6 nitrogen and oxygen atoms in total. The van der Waals surface area contributed by atoms with Crippen molar-refractivity contribution in [2.24, 2.45) is 5.41 Å².